The van der Waals surface area contributed by atoms with E-state index in [9.17, 15) is 15.0 Å². The number of benzene rings is 1. The van der Waals surface area contributed by atoms with Gasteiger partial charge in [-0.05, 0) is 37.0 Å². The number of halogens is 1. The first kappa shape index (κ1) is 14.9. The van der Waals surface area contributed by atoms with Crippen LogP contribution in [0.3, 0.4) is 0 Å². The molecule has 0 radical (unpaired) electrons. The number of rotatable bonds is 3. The van der Waals surface area contributed by atoms with Crippen LogP contribution < -0.4 is 4.74 Å². The topological polar surface area (TPSA) is 70.0 Å². The Hall–Kier alpha value is -1.46. The molecule has 6 heteroatoms. The number of likely N-dealkylation sites (tertiary alicyclic amines) is 1. The van der Waals surface area contributed by atoms with Crippen molar-refractivity contribution in [3.05, 3.63) is 28.8 Å². The van der Waals surface area contributed by atoms with E-state index in [1.165, 1.54) is 12.0 Å². The van der Waals surface area contributed by atoms with Gasteiger partial charge < -0.3 is 19.8 Å². The van der Waals surface area contributed by atoms with Crippen LogP contribution in [0.1, 0.15) is 30.9 Å². The SMILES string of the molecule is COc1cc([C@H](O)C2CCCCN2C(=O)O)ccc1Cl. The number of hydrogen-bond donors (Lipinski definition) is 2. The fourth-order valence-electron chi connectivity index (χ4n) is 2.61. The molecule has 0 saturated carbocycles. The van der Waals surface area contributed by atoms with E-state index in [4.69, 9.17) is 16.3 Å². The average Bonchev–Trinajstić information content (AvgIpc) is 2.47. The lowest BCUT2D eigenvalue weighted by molar-refractivity contribution is 0.0285. The number of piperidine rings is 1. The highest BCUT2D eigenvalue weighted by Crippen LogP contribution is 2.33. The lowest BCUT2D eigenvalue weighted by Gasteiger charge is -2.36. The summed E-state index contributed by atoms with van der Waals surface area (Å²) in [6, 6.07) is 4.57. The molecular weight excluding hydrogens is 282 g/mol. The first-order valence-electron chi connectivity index (χ1n) is 6.55. The predicted octanol–water partition coefficient (Wildman–Crippen LogP) is 2.91. The largest absolute Gasteiger partial charge is 0.495 e. The van der Waals surface area contributed by atoms with Crippen LogP contribution in [0.15, 0.2) is 18.2 Å². The maximum absolute atomic E-state index is 11.2. The average molecular weight is 300 g/mol. The van der Waals surface area contributed by atoms with E-state index in [-0.39, 0.29) is 0 Å². The minimum atomic E-state index is -0.991. The summed E-state index contributed by atoms with van der Waals surface area (Å²) in [6.45, 7) is 0.460. The van der Waals surface area contributed by atoms with Gasteiger partial charge in [0.1, 0.15) is 5.75 Å². The van der Waals surface area contributed by atoms with Crippen LogP contribution in [0.2, 0.25) is 5.02 Å². The standard InChI is InChI=1S/C14H18ClNO4/c1-20-12-8-9(5-6-10(12)15)13(17)11-4-2-3-7-16(11)14(18)19/h5-6,8,11,13,17H,2-4,7H2,1H3,(H,18,19)/t11?,13-/m0/s1. The summed E-state index contributed by atoms with van der Waals surface area (Å²) in [6.07, 6.45) is 0.529. The molecule has 1 aromatic carbocycles. The summed E-state index contributed by atoms with van der Waals surface area (Å²) in [4.78, 5) is 12.6. The highest BCUT2D eigenvalue weighted by Gasteiger charge is 2.33. The van der Waals surface area contributed by atoms with Crippen LogP contribution in [-0.4, -0.2) is 40.9 Å². The molecule has 0 bridgehead atoms. The molecule has 5 nitrogen and oxygen atoms in total. The van der Waals surface area contributed by atoms with Gasteiger partial charge in [-0.1, -0.05) is 17.7 Å². The second-order valence-electron chi connectivity index (χ2n) is 4.88. The van der Waals surface area contributed by atoms with E-state index < -0.39 is 18.2 Å². The Morgan fingerprint density at radius 1 is 1.50 bits per heavy atom. The molecule has 20 heavy (non-hydrogen) atoms. The lowest BCUT2D eigenvalue weighted by Crippen LogP contribution is -2.46. The molecule has 0 aromatic heterocycles. The van der Waals surface area contributed by atoms with E-state index in [2.05, 4.69) is 0 Å². The maximum atomic E-state index is 11.2. The van der Waals surface area contributed by atoms with Crippen molar-refractivity contribution in [2.45, 2.75) is 31.4 Å². The van der Waals surface area contributed by atoms with E-state index in [0.717, 1.165) is 12.8 Å². The molecule has 1 saturated heterocycles. The van der Waals surface area contributed by atoms with Crippen molar-refractivity contribution in [1.82, 2.24) is 4.90 Å². The molecule has 110 valence electrons. The Bertz CT molecular complexity index is 494. The molecule has 0 spiro atoms. The second-order valence-corrected chi connectivity index (χ2v) is 5.29. The number of nitrogens with zero attached hydrogens (tertiary/aromatic N) is 1. The van der Waals surface area contributed by atoms with Gasteiger partial charge in [0.15, 0.2) is 0 Å². The fourth-order valence-corrected chi connectivity index (χ4v) is 2.80. The molecule has 1 heterocycles. The molecule has 1 aliphatic rings. The van der Waals surface area contributed by atoms with Crippen molar-refractivity contribution in [2.75, 3.05) is 13.7 Å². The summed E-state index contributed by atoms with van der Waals surface area (Å²) in [5.74, 6) is 0.473. The summed E-state index contributed by atoms with van der Waals surface area (Å²) >= 11 is 5.95. The number of carbonyl (C=O) groups is 1. The van der Waals surface area contributed by atoms with Crippen LogP contribution in [0, 0.1) is 0 Å². The number of amides is 1. The molecule has 2 atom stereocenters. The van der Waals surface area contributed by atoms with Crippen molar-refractivity contribution in [1.29, 1.82) is 0 Å². The van der Waals surface area contributed by atoms with Gasteiger partial charge in [0.05, 0.1) is 24.3 Å². The van der Waals surface area contributed by atoms with Gasteiger partial charge in [-0.15, -0.1) is 0 Å². The van der Waals surface area contributed by atoms with Gasteiger partial charge >= 0.3 is 6.09 Å². The Labute approximate surface area is 122 Å². The normalized spacial score (nSPS) is 20.6. The van der Waals surface area contributed by atoms with Crippen molar-refractivity contribution >= 4 is 17.7 Å². The first-order chi connectivity index (χ1) is 9.54. The van der Waals surface area contributed by atoms with Crippen LogP contribution in [0.4, 0.5) is 4.79 Å². The number of carboxylic acid groups (broad SMARTS) is 1. The summed E-state index contributed by atoms with van der Waals surface area (Å²) in [5.41, 5.74) is 0.615. The van der Waals surface area contributed by atoms with Crippen LogP contribution in [0.25, 0.3) is 0 Å². The monoisotopic (exact) mass is 299 g/mol. The second kappa shape index (κ2) is 6.33. The van der Waals surface area contributed by atoms with Crippen LogP contribution in [-0.2, 0) is 0 Å². The molecular formula is C14H18ClNO4. The van der Waals surface area contributed by atoms with E-state index in [1.807, 2.05) is 0 Å². The molecule has 1 fully saturated rings. The Kier molecular flexibility index (Phi) is 4.73. The zero-order chi connectivity index (χ0) is 14.7. The molecule has 1 unspecified atom stereocenters. The van der Waals surface area contributed by atoms with Crippen molar-refractivity contribution in [3.63, 3.8) is 0 Å². The smallest absolute Gasteiger partial charge is 0.407 e. The molecule has 1 aliphatic heterocycles. The third-order valence-corrected chi connectivity index (χ3v) is 3.99. The summed E-state index contributed by atoms with van der Waals surface area (Å²) in [7, 11) is 1.50. The van der Waals surface area contributed by atoms with E-state index in [1.54, 1.807) is 18.2 Å². The van der Waals surface area contributed by atoms with Gasteiger partial charge in [-0.2, -0.15) is 0 Å². The third kappa shape index (κ3) is 2.99. The minimum Gasteiger partial charge on any atom is -0.495 e. The molecule has 2 rings (SSSR count). The predicted molar refractivity (Wildman–Crippen MR) is 75.3 cm³/mol. The lowest BCUT2D eigenvalue weighted by atomic mass is 9.93. The zero-order valence-corrected chi connectivity index (χ0v) is 12.0. The number of ether oxygens (including phenoxy) is 1. The van der Waals surface area contributed by atoms with E-state index in [0.29, 0.717) is 29.3 Å². The molecule has 1 aromatic rings. The van der Waals surface area contributed by atoms with Crippen molar-refractivity contribution in [2.24, 2.45) is 0 Å². The summed E-state index contributed by atoms with van der Waals surface area (Å²) < 4.78 is 5.12. The number of aliphatic hydroxyl groups excluding tert-OH is 1. The van der Waals surface area contributed by atoms with Crippen LogP contribution >= 0.6 is 11.6 Å². The Morgan fingerprint density at radius 2 is 2.25 bits per heavy atom. The maximum Gasteiger partial charge on any atom is 0.407 e. The zero-order valence-electron chi connectivity index (χ0n) is 11.3. The van der Waals surface area contributed by atoms with Gasteiger partial charge in [-0.25, -0.2) is 4.79 Å². The fraction of sp³-hybridized carbons (Fsp3) is 0.500. The van der Waals surface area contributed by atoms with Crippen molar-refractivity contribution < 1.29 is 19.7 Å². The number of aliphatic hydroxyl groups is 1. The highest BCUT2D eigenvalue weighted by molar-refractivity contribution is 6.32. The number of hydrogen-bond acceptors (Lipinski definition) is 3. The quantitative estimate of drug-likeness (QED) is 0.900. The van der Waals surface area contributed by atoms with Crippen molar-refractivity contribution in [3.8, 4) is 5.75 Å². The van der Waals surface area contributed by atoms with Gasteiger partial charge in [0, 0.05) is 6.54 Å². The third-order valence-electron chi connectivity index (χ3n) is 3.68. The molecule has 2 N–H and O–H groups in total. The minimum absolute atomic E-state index is 0.424. The van der Waals surface area contributed by atoms with Gasteiger partial charge in [0.2, 0.25) is 0 Å². The van der Waals surface area contributed by atoms with Gasteiger partial charge in [-0.3, -0.25) is 0 Å². The first-order valence-corrected chi connectivity index (χ1v) is 6.93. The molecule has 1 amide bonds. The van der Waals surface area contributed by atoms with Crippen LogP contribution in [0.5, 0.6) is 5.75 Å². The van der Waals surface area contributed by atoms with E-state index >= 15 is 0 Å². The highest BCUT2D eigenvalue weighted by atomic mass is 35.5. The summed E-state index contributed by atoms with van der Waals surface area (Å²) in [5, 5.41) is 20.2. The Morgan fingerprint density at radius 3 is 2.90 bits per heavy atom. The molecule has 0 aliphatic carbocycles. The Balaban J connectivity index is 2.24. The van der Waals surface area contributed by atoms with Gasteiger partial charge in [0.25, 0.3) is 0 Å². The number of methoxy groups -OCH3 is 1.